The highest BCUT2D eigenvalue weighted by Gasteiger charge is 2.24. The fraction of sp³-hybridized carbons (Fsp3) is 0.889. The van der Waals surface area contributed by atoms with E-state index in [-0.39, 0.29) is 19.6 Å². The number of aliphatic hydroxyl groups is 3. The Labute approximate surface area is 230 Å². The van der Waals surface area contributed by atoms with E-state index < -0.39 is 35.4 Å². The van der Waals surface area contributed by atoms with E-state index in [0.29, 0.717) is 19.6 Å². The van der Waals surface area contributed by atoms with Crippen LogP contribution in [-0.2, 0) is 19.6 Å². The third-order valence-electron chi connectivity index (χ3n) is 8.32. The fourth-order valence-corrected chi connectivity index (χ4v) is 6.28. The molecule has 222 valence electrons. The number of piperidine rings is 3. The molecule has 0 amide bonds. The minimum Gasteiger partial charge on any atom is -0.390 e. The van der Waals surface area contributed by atoms with Crippen LogP contribution in [0.25, 0.3) is 0 Å². The Hall–Kier alpha value is -1.83. The predicted octanol–water partition coefficient (Wildman–Crippen LogP) is -1.29. The lowest BCUT2D eigenvalue weighted by molar-refractivity contribution is 0.0731. The van der Waals surface area contributed by atoms with Crippen LogP contribution in [0, 0.1) is 0 Å². The second kappa shape index (κ2) is 14.7. The van der Waals surface area contributed by atoms with E-state index in [2.05, 4.69) is 14.7 Å². The van der Waals surface area contributed by atoms with Gasteiger partial charge in [-0.1, -0.05) is 19.3 Å². The zero-order chi connectivity index (χ0) is 27.8. The van der Waals surface area contributed by atoms with E-state index in [1.165, 1.54) is 0 Å². The highest BCUT2D eigenvalue weighted by atomic mass is 16.3. The van der Waals surface area contributed by atoms with Gasteiger partial charge in [0.05, 0.1) is 37.9 Å². The predicted molar refractivity (Wildman–Crippen MR) is 148 cm³/mol. The van der Waals surface area contributed by atoms with Crippen molar-refractivity contribution < 1.29 is 15.3 Å². The standard InChI is InChI=1S/C27H48N6O6/c34-22(16-28-10-4-1-5-11-28)19-31-25(37)32(20-23(35)17-29-12-6-2-7-13-29)27(39)33(26(31)38)21-24(36)18-30-14-8-3-9-15-30/h22-24,34-36H,1-21H2/t22-,23-,24+/m0/s1. The van der Waals surface area contributed by atoms with E-state index in [4.69, 9.17) is 0 Å². The summed E-state index contributed by atoms with van der Waals surface area (Å²) < 4.78 is 2.70. The smallest absolute Gasteiger partial charge is 0.336 e. The van der Waals surface area contributed by atoms with Crippen LogP contribution in [0.1, 0.15) is 57.8 Å². The summed E-state index contributed by atoms with van der Waals surface area (Å²) in [5.74, 6) is 0. The van der Waals surface area contributed by atoms with Crippen LogP contribution in [0.5, 0.6) is 0 Å². The minimum atomic E-state index is -0.968. The Morgan fingerprint density at radius 2 is 0.641 bits per heavy atom. The monoisotopic (exact) mass is 552 g/mol. The van der Waals surface area contributed by atoms with Crippen molar-refractivity contribution in [3.63, 3.8) is 0 Å². The van der Waals surface area contributed by atoms with Crippen molar-refractivity contribution in [3.05, 3.63) is 31.5 Å². The summed E-state index contributed by atoms with van der Waals surface area (Å²) in [6, 6.07) is 0. The van der Waals surface area contributed by atoms with Crippen LogP contribution in [0.4, 0.5) is 0 Å². The number of rotatable bonds is 12. The van der Waals surface area contributed by atoms with Crippen molar-refractivity contribution in [2.24, 2.45) is 0 Å². The number of hydrogen-bond acceptors (Lipinski definition) is 9. The molecule has 12 heteroatoms. The Morgan fingerprint density at radius 3 is 0.872 bits per heavy atom. The Morgan fingerprint density at radius 1 is 0.410 bits per heavy atom. The average molecular weight is 553 g/mol. The molecule has 12 nitrogen and oxygen atoms in total. The van der Waals surface area contributed by atoms with Crippen LogP contribution < -0.4 is 17.1 Å². The molecule has 0 radical (unpaired) electrons. The molecule has 3 saturated heterocycles. The van der Waals surface area contributed by atoms with Gasteiger partial charge in [0.15, 0.2) is 0 Å². The van der Waals surface area contributed by atoms with Crippen LogP contribution >= 0.6 is 0 Å². The van der Waals surface area contributed by atoms with Crippen LogP contribution in [0.2, 0.25) is 0 Å². The molecule has 3 N–H and O–H groups in total. The van der Waals surface area contributed by atoms with Gasteiger partial charge in [0.25, 0.3) is 0 Å². The van der Waals surface area contributed by atoms with E-state index in [9.17, 15) is 29.7 Å². The normalized spacial score (nSPS) is 22.5. The Bertz CT molecular complexity index is 904. The quantitative estimate of drug-likeness (QED) is 0.289. The molecule has 0 unspecified atom stereocenters. The topological polar surface area (TPSA) is 136 Å². The highest BCUT2D eigenvalue weighted by molar-refractivity contribution is 4.84. The van der Waals surface area contributed by atoms with E-state index >= 15 is 0 Å². The number of aromatic nitrogens is 3. The van der Waals surface area contributed by atoms with Gasteiger partial charge in [-0.05, 0) is 77.8 Å². The third-order valence-corrected chi connectivity index (χ3v) is 8.32. The first-order valence-electron chi connectivity index (χ1n) is 15.0. The zero-order valence-electron chi connectivity index (χ0n) is 23.3. The van der Waals surface area contributed by atoms with Crippen LogP contribution in [0.3, 0.4) is 0 Å². The first kappa shape index (κ1) is 30.1. The van der Waals surface area contributed by atoms with E-state index in [0.717, 1.165) is 111 Å². The molecule has 1 aromatic heterocycles. The zero-order valence-corrected chi connectivity index (χ0v) is 23.3. The second-order valence-corrected chi connectivity index (χ2v) is 11.7. The van der Waals surface area contributed by atoms with Crippen LogP contribution in [-0.4, -0.2) is 121 Å². The van der Waals surface area contributed by atoms with Crippen molar-refractivity contribution in [1.82, 2.24) is 28.4 Å². The van der Waals surface area contributed by atoms with E-state index in [1.54, 1.807) is 0 Å². The summed E-state index contributed by atoms with van der Waals surface area (Å²) in [4.78, 5) is 46.6. The largest absolute Gasteiger partial charge is 0.390 e. The highest BCUT2D eigenvalue weighted by Crippen LogP contribution is 2.11. The molecule has 3 aliphatic rings. The number of β-amino-alcohol motifs (C(OH)–C–C–N with tert-alkyl or cyclic N) is 3. The lowest BCUT2D eigenvalue weighted by atomic mass is 10.1. The SMILES string of the molecule is O=c1n(C[C@H](O)CN2CCCCC2)c(=O)n(C[C@@H](O)CN2CCCCC2)c(=O)n1C[C@@H](O)CN1CCCCC1. The van der Waals surface area contributed by atoms with Gasteiger partial charge >= 0.3 is 17.1 Å². The van der Waals surface area contributed by atoms with Gasteiger partial charge in [0.1, 0.15) is 0 Å². The summed E-state index contributed by atoms with van der Waals surface area (Å²) in [6.45, 7) is 5.42. The second-order valence-electron chi connectivity index (χ2n) is 11.7. The summed E-state index contributed by atoms with van der Waals surface area (Å²) in [6.07, 6.45) is 6.86. The van der Waals surface area contributed by atoms with Gasteiger partial charge in [0, 0.05) is 19.6 Å². The molecule has 0 spiro atoms. The van der Waals surface area contributed by atoms with Crippen molar-refractivity contribution in [2.75, 3.05) is 58.9 Å². The van der Waals surface area contributed by atoms with Crippen molar-refractivity contribution >= 4 is 0 Å². The maximum atomic E-state index is 13.4. The molecule has 3 aliphatic heterocycles. The fourth-order valence-electron chi connectivity index (χ4n) is 6.28. The van der Waals surface area contributed by atoms with Crippen molar-refractivity contribution in [3.8, 4) is 0 Å². The molecule has 0 saturated carbocycles. The number of hydrogen-bond donors (Lipinski definition) is 3. The van der Waals surface area contributed by atoms with Gasteiger partial charge in [-0.25, -0.2) is 28.1 Å². The van der Waals surface area contributed by atoms with Gasteiger partial charge in [-0.2, -0.15) is 0 Å². The van der Waals surface area contributed by atoms with Gasteiger partial charge < -0.3 is 30.0 Å². The van der Waals surface area contributed by atoms with Gasteiger partial charge in [-0.15, -0.1) is 0 Å². The number of aliphatic hydroxyl groups excluding tert-OH is 3. The van der Waals surface area contributed by atoms with Crippen molar-refractivity contribution in [2.45, 2.75) is 95.7 Å². The molecule has 3 fully saturated rings. The first-order chi connectivity index (χ1) is 18.8. The minimum absolute atomic E-state index is 0.251. The summed E-state index contributed by atoms with van der Waals surface area (Å²) in [5.41, 5.74) is -2.49. The molecule has 1 aromatic rings. The molecule has 0 aliphatic carbocycles. The van der Waals surface area contributed by atoms with Crippen molar-refractivity contribution in [1.29, 1.82) is 0 Å². The Balaban J connectivity index is 1.56. The molecule has 39 heavy (non-hydrogen) atoms. The molecule has 3 atom stereocenters. The Kier molecular flexibility index (Phi) is 11.4. The maximum absolute atomic E-state index is 13.4. The number of nitrogens with zero attached hydrogens (tertiary/aromatic N) is 6. The number of likely N-dealkylation sites (tertiary alicyclic amines) is 3. The first-order valence-corrected chi connectivity index (χ1v) is 15.0. The summed E-state index contributed by atoms with van der Waals surface area (Å²) >= 11 is 0. The lowest BCUT2D eigenvalue weighted by Gasteiger charge is -2.30. The molecular weight excluding hydrogens is 504 g/mol. The molecule has 4 heterocycles. The van der Waals surface area contributed by atoms with Gasteiger partial charge in [-0.3, -0.25) is 0 Å². The lowest BCUT2D eigenvalue weighted by Crippen LogP contribution is -2.58. The van der Waals surface area contributed by atoms with Crippen LogP contribution in [0.15, 0.2) is 14.4 Å². The van der Waals surface area contributed by atoms with Gasteiger partial charge in [0.2, 0.25) is 0 Å². The maximum Gasteiger partial charge on any atom is 0.336 e. The molecule has 4 rings (SSSR count). The average Bonchev–Trinajstić information content (AvgIpc) is 2.93. The summed E-state index contributed by atoms with van der Waals surface area (Å²) in [5, 5.41) is 32.4. The molecular formula is C27H48N6O6. The van der Waals surface area contributed by atoms with E-state index in [1.807, 2.05) is 0 Å². The molecule has 0 bridgehead atoms. The molecule has 0 aromatic carbocycles. The summed E-state index contributed by atoms with van der Waals surface area (Å²) in [7, 11) is 0. The third kappa shape index (κ3) is 8.58.